The smallest absolute Gasteiger partial charge is 0.415 e. The van der Waals surface area contributed by atoms with Crippen LogP contribution >= 0.6 is 0 Å². The van der Waals surface area contributed by atoms with Crippen LogP contribution in [-0.2, 0) is 4.74 Å². The van der Waals surface area contributed by atoms with Gasteiger partial charge in [-0.1, -0.05) is 48.5 Å². The molecule has 0 bridgehead atoms. The van der Waals surface area contributed by atoms with Crippen molar-refractivity contribution in [3.05, 3.63) is 77.5 Å². The maximum absolute atomic E-state index is 12.5. The van der Waals surface area contributed by atoms with Crippen molar-refractivity contribution in [2.45, 2.75) is 5.92 Å². The molecule has 0 unspecified atom stereocenters. The first kappa shape index (κ1) is 17.7. The van der Waals surface area contributed by atoms with E-state index in [0.717, 1.165) is 22.3 Å². The summed E-state index contributed by atoms with van der Waals surface area (Å²) in [6.45, 7) is 0.192. The zero-order valence-electron chi connectivity index (χ0n) is 15.1. The molecule has 1 amide bonds. The lowest BCUT2D eigenvalue weighted by atomic mass is 9.98. The Balaban J connectivity index is 1.50. The fourth-order valence-electron chi connectivity index (χ4n) is 3.40. The minimum Gasteiger partial charge on any atom is -0.476 e. The Bertz CT molecular complexity index is 1000. The highest BCUT2D eigenvalue weighted by Crippen LogP contribution is 2.44. The zero-order chi connectivity index (χ0) is 19.7. The number of rotatable bonds is 4. The molecule has 7 nitrogen and oxygen atoms in total. The van der Waals surface area contributed by atoms with Crippen molar-refractivity contribution < 1.29 is 19.4 Å². The molecule has 0 atom stereocenters. The molecule has 3 aromatic rings. The number of carbonyl (C=O) groups excluding carboxylic acids is 1. The summed E-state index contributed by atoms with van der Waals surface area (Å²) >= 11 is 0. The molecule has 1 aliphatic carbocycles. The number of fused-ring (bicyclic) bond motifs is 3. The van der Waals surface area contributed by atoms with Gasteiger partial charge >= 0.3 is 12.1 Å². The molecule has 0 saturated carbocycles. The van der Waals surface area contributed by atoms with E-state index in [2.05, 4.69) is 22.3 Å². The molecule has 28 heavy (non-hydrogen) atoms. The summed E-state index contributed by atoms with van der Waals surface area (Å²) < 4.78 is 5.54. The molecule has 1 aromatic heterocycles. The minimum absolute atomic E-state index is 0.0368. The topological polar surface area (TPSA) is 92.6 Å². The van der Waals surface area contributed by atoms with Gasteiger partial charge < -0.3 is 9.84 Å². The maximum Gasteiger partial charge on any atom is 0.415 e. The van der Waals surface area contributed by atoms with Gasteiger partial charge in [0.25, 0.3) is 0 Å². The number of ether oxygens (including phenoxy) is 1. The molecular formula is C21H17N3O4. The van der Waals surface area contributed by atoms with Crippen molar-refractivity contribution in [1.82, 2.24) is 10.2 Å². The normalized spacial score (nSPS) is 12.2. The second kappa shape index (κ2) is 7.11. The van der Waals surface area contributed by atoms with Crippen molar-refractivity contribution in [1.29, 1.82) is 0 Å². The van der Waals surface area contributed by atoms with E-state index in [1.54, 1.807) is 0 Å². The van der Waals surface area contributed by atoms with E-state index in [1.807, 2.05) is 36.4 Å². The SMILES string of the molecule is CN(C(=O)OCC1c2ccccc2-c2ccccc21)c1ccc(C(=O)O)nn1. The van der Waals surface area contributed by atoms with E-state index in [1.165, 1.54) is 24.1 Å². The quantitative estimate of drug-likeness (QED) is 0.749. The van der Waals surface area contributed by atoms with Gasteiger partial charge in [-0.05, 0) is 34.4 Å². The van der Waals surface area contributed by atoms with Crippen LogP contribution in [0.25, 0.3) is 11.1 Å². The first-order valence-corrected chi connectivity index (χ1v) is 8.72. The number of anilines is 1. The summed E-state index contributed by atoms with van der Waals surface area (Å²) in [7, 11) is 1.50. The third kappa shape index (κ3) is 3.07. The second-order valence-corrected chi connectivity index (χ2v) is 6.44. The van der Waals surface area contributed by atoms with Gasteiger partial charge in [0.05, 0.1) is 0 Å². The van der Waals surface area contributed by atoms with Crippen molar-refractivity contribution in [3.8, 4) is 11.1 Å². The van der Waals surface area contributed by atoms with Crippen molar-refractivity contribution in [2.24, 2.45) is 0 Å². The van der Waals surface area contributed by atoms with Gasteiger partial charge in [-0.25, -0.2) is 9.59 Å². The summed E-state index contributed by atoms with van der Waals surface area (Å²) in [5.41, 5.74) is 4.38. The number of hydrogen-bond donors (Lipinski definition) is 1. The van der Waals surface area contributed by atoms with Crippen molar-refractivity contribution in [3.63, 3.8) is 0 Å². The molecule has 0 saturated heterocycles. The molecule has 2 aromatic carbocycles. The van der Waals surface area contributed by atoms with Gasteiger partial charge in [0.2, 0.25) is 0 Å². The Morgan fingerprint density at radius 1 is 0.964 bits per heavy atom. The number of carbonyl (C=O) groups is 2. The van der Waals surface area contributed by atoms with Crippen LogP contribution in [0, 0.1) is 0 Å². The summed E-state index contributed by atoms with van der Waals surface area (Å²) in [6, 6.07) is 18.9. The van der Waals surface area contributed by atoms with Gasteiger partial charge in [-0.3, -0.25) is 4.90 Å². The number of benzene rings is 2. The third-order valence-corrected chi connectivity index (χ3v) is 4.82. The first-order chi connectivity index (χ1) is 13.6. The van der Waals surface area contributed by atoms with Crippen LogP contribution in [0.5, 0.6) is 0 Å². The van der Waals surface area contributed by atoms with Crippen molar-refractivity contribution in [2.75, 3.05) is 18.6 Å². The number of aromatic carboxylic acids is 1. The Morgan fingerprint density at radius 2 is 1.57 bits per heavy atom. The zero-order valence-corrected chi connectivity index (χ0v) is 15.1. The lowest BCUT2D eigenvalue weighted by molar-refractivity contribution is 0.0689. The van der Waals surface area contributed by atoms with E-state index >= 15 is 0 Å². The van der Waals surface area contributed by atoms with Crippen LogP contribution in [-0.4, -0.2) is 41.0 Å². The number of hydrogen-bond acceptors (Lipinski definition) is 5. The molecule has 1 heterocycles. The molecule has 1 aliphatic rings. The number of carboxylic acid groups (broad SMARTS) is 1. The third-order valence-electron chi connectivity index (χ3n) is 4.82. The number of amides is 1. The van der Waals surface area contributed by atoms with Gasteiger partial charge in [-0.2, -0.15) is 0 Å². The molecule has 1 N–H and O–H groups in total. The fourth-order valence-corrected chi connectivity index (χ4v) is 3.40. The van der Waals surface area contributed by atoms with E-state index in [4.69, 9.17) is 9.84 Å². The highest BCUT2D eigenvalue weighted by atomic mass is 16.6. The molecule has 140 valence electrons. The van der Waals surface area contributed by atoms with E-state index in [9.17, 15) is 9.59 Å². The monoisotopic (exact) mass is 375 g/mol. The predicted molar refractivity (Wildman–Crippen MR) is 102 cm³/mol. The Kier molecular flexibility index (Phi) is 4.49. The molecule has 4 rings (SSSR count). The van der Waals surface area contributed by atoms with Gasteiger partial charge in [0, 0.05) is 13.0 Å². The van der Waals surface area contributed by atoms with Gasteiger partial charge in [0.15, 0.2) is 11.5 Å². The molecule has 0 aliphatic heterocycles. The molecule has 0 radical (unpaired) electrons. The van der Waals surface area contributed by atoms with Crippen molar-refractivity contribution >= 4 is 17.9 Å². The molecule has 7 heteroatoms. The largest absolute Gasteiger partial charge is 0.476 e. The minimum atomic E-state index is -1.18. The van der Waals surface area contributed by atoms with Crippen LogP contribution in [0.4, 0.5) is 10.6 Å². The van der Waals surface area contributed by atoms with Crippen LogP contribution in [0.2, 0.25) is 0 Å². The average molecular weight is 375 g/mol. The average Bonchev–Trinajstić information content (AvgIpc) is 3.05. The Labute approximate surface area is 161 Å². The van der Waals surface area contributed by atoms with E-state index < -0.39 is 12.1 Å². The number of nitrogens with zero attached hydrogens (tertiary/aromatic N) is 3. The number of aromatic nitrogens is 2. The van der Waals surface area contributed by atoms with Crippen LogP contribution in [0.15, 0.2) is 60.7 Å². The Morgan fingerprint density at radius 3 is 2.11 bits per heavy atom. The van der Waals surface area contributed by atoms with Gasteiger partial charge in [0.1, 0.15) is 6.61 Å². The lowest BCUT2D eigenvalue weighted by Crippen LogP contribution is -2.29. The maximum atomic E-state index is 12.5. The number of carboxylic acids is 1. The van der Waals surface area contributed by atoms with Crippen LogP contribution in [0.1, 0.15) is 27.5 Å². The van der Waals surface area contributed by atoms with E-state index in [-0.39, 0.29) is 24.0 Å². The molecule has 0 fully saturated rings. The van der Waals surface area contributed by atoms with E-state index in [0.29, 0.717) is 0 Å². The highest BCUT2D eigenvalue weighted by molar-refractivity contribution is 5.88. The Hall–Kier alpha value is -3.74. The predicted octanol–water partition coefficient (Wildman–Crippen LogP) is 3.56. The second-order valence-electron chi connectivity index (χ2n) is 6.44. The van der Waals surface area contributed by atoms with Gasteiger partial charge in [-0.15, -0.1) is 10.2 Å². The summed E-state index contributed by atoms with van der Waals surface area (Å²) in [6.07, 6.45) is -0.584. The highest BCUT2D eigenvalue weighted by Gasteiger charge is 2.29. The standard InChI is InChI=1S/C21H17N3O4/c1-24(19-11-10-18(20(25)26)22-23-19)21(27)28-12-17-15-8-4-2-6-13(15)14-7-3-5-9-16(14)17/h2-11,17H,12H2,1H3,(H,25,26). The fraction of sp³-hybridized carbons (Fsp3) is 0.143. The lowest BCUT2D eigenvalue weighted by Gasteiger charge is -2.18. The summed E-state index contributed by atoms with van der Waals surface area (Å²) in [5.74, 6) is -1.00. The van der Waals surface area contributed by atoms with Crippen LogP contribution in [0.3, 0.4) is 0 Å². The molecule has 0 spiro atoms. The van der Waals surface area contributed by atoms with Crippen LogP contribution < -0.4 is 4.90 Å². The first-order valence-electron chi connectivity index (χ1n) is 8.72. The summed E-state index contributed by atoms with van der Waals surface area (Å²) in [4.78, 5) is 24.5. The summed E-state index contributed by atoms with van der Waals surface area (Å²) in [5, 5.41) is 16.2. The molecular weight excluding hydrogens is 358 g/mol.